The van der Waals surface area contributed by atoms with Gasteiger partial charge in [-0.2, -0.15) is 0 Å². The summed E-state index contributed by atoms with van der Waals surface area (Å²) in [5, 5.41) is 1.44. The molecule has 0 radical (unpaired) electrons. The Balaban J connectivity index is 1.58. The van der Waals surface area contributed by atoms with Gasteiger partial charge in [0.2, 0.25) is 0 Å². The van der Waals surface area contributed by atoms with Gasteiger partial charge in [-0.3, -0.25) is 4.90 Å². The monoisotopic (exact) mass is 304 g/mol. The molecular formula is C21H24N2. The van der Waals surface area contributed by atoms with Crippen molar-refractivity contribution in [1.29, 1.82) is 0 Å². The summed E-state index contributed by atoms with van der Waals surface area (Å²) in [7, 11) is 2.22. The first-order chi connectivity index (χ1) is 11.3. The van der Waals surface area contributed by atoms with E-state index in [9.17, 15) is 0 Å². The molecule has 23 heavy (non-hydrogen) atoms. The first-order valence-corrected chi connectivity index (χ1v) is 8.64. The molecule has 0 amide bonds. The van der Waals surface area contributed by atoms with E-state index in [0.717, 1.165) is 19.5 Å². The third-order valence-electron chi connectivity index (χ3n) is 5.17. The highest BCUT2D eigenvalue weighted by molar-refractivity contribution is 5.85. The number of nitrogens with zero attached hydrogens (tertiary/aromatic N) is 2. The molecule has 0 N–H and O–H groups in total. The van der Waals surface area contributed by atoms with Crippen LogP contribution in [-0.2, 0) is 26.4 Å². The highest BCUT2D eigenvalue weighted by atomic mass is 15.1. The topological polar surface area (TPSA) is 8.17 Å². The van der Waals surface area contributed by atoms with Crippen molar-refractivity contribution >= 4 is 10.9 Å². The number of rotatable bonds is 3. The second-order valence-electron chi connectivity index (χ2n) is 6.62. The molecule has 0 saturated carbocycles. The van der Waals surface area contributed by atoms with Crippen LogP contribution in [0.25, 0.3) is 10.9 Å². The van der Waals surface area contributed by atoms with Crippen molar-refractivity contribution in [3.8, 4) is 0 Å². The van der Waals surface area contributed by atoms with Gasteiger partial charge >= 0.3 is 0 Å². The largest absolute Gasteiger partial charge is 0.347 e. The lowest BCUT2D eigenvalue weighted by atomic mass is 10.1. The van der Waals surface area contributed by atoms with Gasteiger partial charge in [-0.25, -0.2) is 0 Å². The Hall–Kier alpha value is -2.06. The van der Waals surface area contributed by atoms with Gasteiger partial charge in [0.1, 0.15) is 0 Å². The van der Waals surface area contributed by atoms with E-state index < -0.39 is 0 Å². The fraction of sp³-hybridized carbons (Fsp3) is 0.333. The van der Waals surface area contributed by atoms with Crippen LogP contribution in [0.3, 0.4) is 0 Å². The van der Waals surface area contributed by atoms with Crippen LogP contribution < -0.4 is 0 Å². The second-order valence-corrected chi connectivity index (χ2v) is 6.62. The Morgan fingerprint density at radius 2 is 1.74 bits per heavy atom. The van der Waals surface area contributed by atoms with E-state index in [1.807, 2.05) is 0 Å². The third-order valence-corrected chi connectivity index (χ3v) is 5.17. The molecule has 0 unspecified atom stereocenters. The Morgan fingerprint density at radius 1 is 0.957 bits per heavy atom. The SMILES string of the molecule is Cn1c2c(c3ccccc31)CN(CCc1ccccc1)CCC2. The van der Waals surface area contributed by atoms with Crippen LogP contribution in [0.1, 0.15) is 23.2 Å². The zero-order valence-electron chi connectivity index (χ0n) is 13.8. The molecule has 118 valence electrons. The lowest BCUT2D eigenvalue weighted by molar-refractivity contribution is 0.274. The third kappa shape index (κ3) is 2.79. The number of fused-ring (bicyclic) bond motifs is 3. The zero-order chi connectivity index (χ0) is 15.6. The molecule has 0 bridgehead atoms. The molecule has 0 aliphatic carbocycles. The molecule has 1 aliphatic heterocycles. The summed E-state index contributed by atoms with van der Waals surface area (Å²) in [6.45, 7) is 3.44. The van der Waals surface area contributed by atoms with E-state index in [4.69, 9.17) is 0 Å². The zero-order valence-corrected chi connectivity index (χ0v) is 13.8. The number of aromatic nitrogens is 1. The fourth-order valence-corrected chi connectivity index (χ4v) is 3.92. The molecule has 0 saturated heterocycles. The van der Waals surface area contributed by atoms with Gasteiger partial charge in [-0.05, 0) is 43.0 Å². The molecule has 2 heteroatoms. The Bertz CT molecular complexity index is 801. The lowest BCUT2D eigenvalue weighted by Gasteiger charge is -2.20. The molecule has 2 nitrogen and oxygen atoms in total. The molecule has 0 fully saturated rings. The van der Waals surface area contributed by atoms with Crippen LogP contribution in [0, 0.1) is 0 Å². The lowest BCUT2D eigenvalue weighted by Crippen LogP contribution is -2.25. The molecule has 4 rings (SSSR count). The minimum absolute atomic E-state index is 1.09. The fourth-order valence-electron chi connectivity index (χ4n) is 3.92. The smallest absolute Gasteiger partial charge is 0.0483 e. The van der Waals surface area contributed by atoms with Gasteiger partial charge in [-0.1, -0.05) is 48.5 Å². The van der Waals surface area contributed by atoms with Gasteiger partial charge in [0.15, 0.2) is 0 Å². The quantitative estimate of drug-likeness (QED) is 0.705. The highest BCUT2D eigenvalue weighted by Gasteiger charge is 2.20. The number of para-hydroxylation sites is 1. The summed E-state index contributed by atoms with van der Waals surface area (Å²) < 4.78 is 2.41. The molecular weight excluding hydrogens is 280 g/mol. The van der Waals surface area contributed by atoms with Crippen LogP contribution in [0.15, 0.2) is 54.6 Å². The van der Waals surface area contributed by atoms with E-state index >= 15 is 0 Å². The van der Waals surface area contributed by atoms with Crippen LogP contribution in [0.5, 0.6) is 0 Å². The number of hydrogen-bond donors (Lipinski definition) is 0. The van der Waals surface area contributed by atoms with E-state index in [1.54, 1.807) is 5.56 Å². The van der Waals surface area contributed by atoms with Crippen LogP contribution in [-0.4, -0.2) is 22.6 Å². The van der Waals surface area contributed by atoms with E-state index in [-0.39, 0.29) is 0 Å². The van der Waals surface area contributed by atoms with Crippen LogP contribution in [0.4, 0.5) is 0 Å². The summed E-state index contributed by atoms with van der Waals surface area (Å²) in [4.78, 5) is 2.63. The van der Waals surface area contributed by atoms with Crippen LogP contribution >= 0.6 is 0 Å². The van der Waals surface area contributed by atoms with Crippen molar-refractivity contribution in [2.24, 2.45) is 7.05 Å². The average molecular weight is 304 g/mol. The normalized spacial score (nSPS) is 15.5. The van der Waals surface area contributed by atoms with Gasteiger partial charge < -0.3 is 4.57 Å². The summed E-state index contributed by atoms with van der Waals surface area (Å²) in [6, 6.07) is 19.7. The van der Waals surface area contributed by atoms with Crippen molar-refractivity contribution in [3.63, 3.8) is 0 Å². The number of benzene rings is 2. The predicted octanol–water partition coefficient (Wildman–Crippen LogP) is 4.17. The second kappa shape index (κ2) is 6.21. The summed E-state index contributed by atoms with van der Waals surface area (Å²) in [6.07, 6.45) is 3.59. The van der Waals surface area contributed by atoms with Crippen molar-refractivity contribution in [1.82, 2.24) is 9.47 Å². The van der Waals surface area contributed by atoms with E-state index in [1.165, 1.54) is 41.5 Å². The molecule has 2 aromatic carbocycles. The maximum absolute atomic E-state index is 2.63. The summed E-state index contributed by atoms with van der Waals surface area (Å²) in [5.74, 6) is 0. The Labute approximate surface area is 138 Å². The number of hydrogen-bond acceptors (Lipinski definition) is 1. The number of aryl methyl sites for hydroxylation is 1. The minimum Gasteiger partial charge on any atom is -0.347 e. The van der Waals surface area contributed by atoms with Crippen LogP contribution in [0.2, 0.25) is 0 Å². The average Bonchev–Trinajstić information content (AvgIpc) is 2.76. The maximum atomic E-state index is 2.63. The molecule has 1 aliphatic rings. The van der Waals surface area contributed by atoms with Crippen molar-refractivity contribution < 1.29 is 0 Å². The van der Waals surface area contributed by atoms with E-state index in [0.29, 0.717) is 0 Å². The minimum atomic E-state index is 1.09. The summed E-state index contributed by atoms with van der Waals surface area (Å²) in [5.41, 5.74) is 5.90. The van der Waals surface area contributed by atoms with Crippen molar-refractivity contribution in [2.75, 3.05) is 13.1 Å². The highest BCUT2D eigenvalue weighted by Crippen LogP contribution is 2.29. The first-order valence-electron chi connectivity index (χ1n) is 8.64. The molecule has 3 aromatic rings. The van der Waals surface area contributed by atoms with Gasteiger partial charge in [0.05, 0.1) is 0 Å². The summed E-state index contributed by atoms with van der Waals surface area (Å²) >= 11 is 0. The van der Waals surface area contributed by atoms with E-state index in [2.05, 4.69) is 71.1 Å². The first kappa shape index (κ1) is 14.5. The van der Waals surface area contributed by atoms with Gasteiger partial charge in [0.25, 0.3) is 0 Å². The maximum Gasteiger partial charge on any atom is 0.0483 e. The molecule has 1 aromatic heterocycles. The van der Waals surface area contributed by atoms with Crippen molar-refractivity contribution in [2.45, 2.75) is 25.8 Å². The Morgan fingerprint density at radius 3 is 2.61 bits per heavy atom. The molecule has 0 atom stereocenters. The van der Waals surface area contributed by atoms with Crippen molar-refractivity contribution in [3.05, 3.63) is 71.4 Å². The standard InChI is InChI=1S/C21H24N2/c1-22-20-11-6-5-10-18(20)19-16-23(14-7-12-21(19)22)15-13-17-8-3-2-4-9-17/h2-6,8-11H,7,12-16H2,1H3. The van der Waals surface area contributed by atoms with Gasteiger partial charge in [0, 0.05) is 36.7 Å². The predicted molar refractivity (Wildman–Crippen MR) is 96.7 cm³/mol. The molecule has 0 spiro atoms. The Kier molecular flexibility index (Phi) is 3.92. The van der Waals surface area contributed by atoms with Gasteiger partial charge in [-0.15, -0.1) is 0 Å². The molecule has 2 heterocycles.